The molecule has 0 radical (unpaired) electrons. The number of benzene rings is 1. The van der Waals surface area contributed by atoms with Gasteiger partial charge in [0.2, 0.25) is 10.0 Å². The molecule has 0 spiro atoms. The van der Waals surface area contributed by atoms with Crippen LogP contribution in [0.15, 0.2) is 66.0 Å². The molecule has 0 N–H and O–H groups in total. The number of fused-ring (bicyclic) bond motifs is 1. The Morgan fingerprint density at radius 2 is 1.82 bits per heavy atom. The number of aromatic nitrogens is 2. The maximum Gasteiger partial charge on any atom is 0.247 e. The van der Waals surface area contributed by atoms with Crippen molar-refractivity contribution < 1.29 is 17.9 Å². The van der Waals surface area contributed by atoms with Gasteiger partial charge in [-0.2, -0.15) is 4.31 Å². The number of hydrogen-bond acceptors (Lipinski definition) is 5. The van der Waals surface area contributed by atoms with Crippen LogP contribution in [-0.2, 0) is 16.6 Å². The Balaban J connectivity index is 1.87. The molecule has 0 saturated heterocycles. The van der Waals surface area contributed by atoms with Crippen LogP contribution >= 0.6 is 0 Å². The van der Waals surface area contributed by atoms with E-state index in [1.165, 1.54) is 24.6 Å². The molecule has 8 heteroatoms. The third kappa shape index (κ3) is 3.04. The summed E-state index contributed by atoms with van der Waals surface area (Å²) >= 11 is 0. The van der Waals surface area contributed by atoms with Gasteiger partial charge >= 0.3 is 0 Å². The first kappa shape index (κ1) is 18.5. The van der Waals surface area contributed by atoms with Crippen LogP contribution in [0.3, 0.4) is 0 Å². The lowest BCUT2D eigenvalue weighted by atomic mass is 10.0. The van der Waals surface area contributed by atoms with Gasteiger partial charge in [-0.25, -0.2) is 8.42 Å². The Labute approximate surface area is 164 Å². The Hall–Kier alpha value is -2.84. The number of hydrogen-bond donors (Lipinski definition) is 0. The summed E-state index contributed by atoms with van der Waals surface area (Å²) in [5.41, 5.74) is 1.78. The van der Waals surface area contributed by atoms with E-state index in [1.54, 1.807) is 24.5 Å². The zero-order chi connectivity index (χ0) is 19.7. The van der Waals surface area contributed by atoms with E-state index < -0.39 is 16.1 Å². The van der Waals surface area contributed by atoms with Crippen molar-refractivity contribution in [2.75, 3.05) is 20.8 Å². The molecule has 3 heterocycles. The van der Waals surface area contributed by atoms with Crippen LogP contribution in [0.4, 0.5) is 0 Å². The molecule has 0 aliphatic carbocycles. The second kappa shape index (κ2) is 7.29. The highest BCUT2D eigenvalue weighted by Gasteiger charge is 2.39. The van der Waals surface area contributed by atoms with Crippen molar-refractivity contribution in [2.24, 2.45) is 0 Å². The number of sulfonamides is 1. The van der Waals surface area contributed by atoms with Crippen LogP contribution in [-0.4, -0.2) is 43.0 Å². The monoisotopic (exact) mass is 399 g/mol. The predicted molar refractivity (Wildman–Crippen MR) is 104 cm³/mol. The Morgan fingerprint density at radius 3 is 2.54 bits per heavy atom. The summed E-state index contributed by atoms with van der Waals surface area (Å²) in [6, 6.07) is 11.9. The third-order valence-electron chi connectivity index (χ3n) is 4.97. The van der Waals surface area contributed by atoms with Gasteiger partial charge in [-0.3, -0.25) is 4.98 Å². The minimum Gasteiger partial charge on any atom is -0.497 e. The molecule has 2 aromatic heterocycles. The zero-order valence-electron chi connectivity index (χ0n) is 15.6. The number of nitrogens with zero attached hydrogens (tertiary/aromatic N) is 3. The van der Waals surface area contributed by atoms with Crippen molar-refractivity contribution in [1.29, 1.82) is 0 Å². The molecule has 1 aliphatic heterocycles. The minimum absolute atomic E-state index is 0.0911. The number of methoxy groups -OCH3 is 2. The van der Waals surface area contributed by atoms with Gasteiger partial charge in [0.15, 0.2) is 0 Å². The average Bonchev–Trinajstić information content (AvgIpc) is 3.22. The molecular weight excluding hydrogens is 378 g/mol. The van der Waals surface area contributed by atoms with E-state index in [0.29, 0.717) is 18.8 Å². The minimum atomic E-state index is -3.86. The highest BCUT2D eigenvalue weighted by atomic mass is 32.2. The standard InChI is InChI=1S/C20H21N3O4S/c1-26-16-5-6-18(27-2)19(14-16)28(24,25)23-13-12-22-11-3-4-17(22)20(23)15-7-9-21-10-8-15/h3-11,14,20H,12-13H2,1-2H3. The van der Waals surface area contributed by atoms with E-state index in [0.717, 1.165) is 11.3 Å². The zero-order valence-corrected chi connectivity index (χ0v) is 16.5. The molecule has 0 amide bonds. The van der Waals surface area contributed by atoms with Crippen molar-refractivity contribution in [3.8, 4) is 11.5 Å². The molecule has 3 aromatic rings. The highest BCUT2D eigenvalue weighted by Crippen LogP contribution is 2.39. The molecule has 0 fully saturated rings. The molecule has 4 rings (SSSR count). The Kier molecular flexibility index (Phi) is 4.82. The average molecular weight is 399 g/mol. The molecule has 1 aliphatic rings. The fourth-order valence-electron chi connectivity index (χ4n) is 3.62. The summed E-state index contributed by atoms with van der Waals surface area (Å²) < 4.78 is 41.6. The fraction of sp³-hybridized carbons (Fsp3) is 0.250. The van der Waals surface area contributed by atoms with Gasteiger partial charge in [0, 0.05) is 43.4 Å². The van der Waals surface area contributed by atoms with E-state index in [2.05, 4.69) is 9.55 Å². The van der Waals surface area contributed by atoms with E-state index in [1.807, 2.05) is 30.5 Å². The number of rotatable bonds is 5. The fourth-order valence-corrected chi connectivity index (χ4v) is 5.37. The SMILES string of the molecule is COc1ccc(OC)c(S(=O)(=O)N2CCn3cccc3C2c2ccncc2)c1. The number of pyridine rings is 1. The lowest BCUT2D eigenvalue weighted by Gasteiger charge is -2.36. The van der Waals surface area contributed by atoms with Crippen LogP contribution < -0.4 is 9.47 Å². The maximum atomic E-state index is 13.7. The summed E-state index contributed by atoms with van der Waals surface area (Å²) in [5, 5.41) is 0. The van der Waals surface area contributed by atoms with Crippen molar-refractivity contribution >= 4 is 10.0 Å². The van der Waals surface area contributed by atoms with Crippen LogP contribution in [0, 0.1) is 0 Å². The molecule has 1 aromatic carbocycles. The molecule has 0 saturated carbocycles. The normalized spacial score (nSPS) is 17.1. The first-order valence-corrected chi connectivity index (χ1v) is 10.3. The van der Waals surface area contributed by atoms with E-state index in [-0.39, 0.29) is 10.6 Å². The lowest BCUT2D eigenvalue weighted by Crippen LogP contribution is -2.42. The summed E-state index contributed by atoms with van der Waals surface area (Å²) in [4.78, 5) is 4.16. The molecular formula is C20H21N3O4S. The molecule has 1 unspecified atom stereocenters. The van der Waals surface area contributed by atoms with Gasteiger partial charge in [0.1, 0.15) is 16.4 Å². The van der Waals surface area contributed by atoms with Gasteiger partial charge in [-0.05, 0) is 42.0 Å². The molecule has 7 nitrogen and oxygen atoms in total. The molecule has 28 heavy (non-hydrogen) atoms. The summed E-state index contributed by atoms with van der Waals surface area (Å²) in [6.07, 6.45) is 5.32. The van der Waals surface area contributed by atoms with Crippen molar-refractivity contribution in [3.05, 3.63) is 72.3 Å². The first-order valence-electron chi connectivity index (χ1n) is 8.85. The summed E-state index contributed by atoms with van der Waals surface area (Å²) in [7, 11) is -0.894. The maximum absolute atomic E-state index is 13.7. The van der Waals surface area contributed by atoms with E-state index in [4.69, 9.17) is 9.47 Å². The predicted octanol–water partition coefficient (Wildman–Crippen LogP) is 2.69. The third-order valence-corrected chi connectivity index (χ3v) is 6.86. The lowest BCUT2D eigenvalue weighted by molar-refractivity contribution is 0.296. The molecule has 1 atom stereocenters. The second-order valence-corrected chi connectivity index (χ2v) is 8.30. The Bertz CT molecular complexity index is 1080. The summed E-state index contributed by atoms with van der Waals surface area (Å²) in [5.74, 6) is 0.746. The van der Waals surface area contributed by atoms with Crippen LogP contribution in [0.1, 0.15) is 17.3 Å². The highest BCUT2D eigenvalue weighted by molar-refractivity contribution is 7.89. The van der Waals surface area contributed by atoms with Crippen molar-refractivity contribution in [2.45, 2.75) is 17.5 Å². The quantitative estimate of drug-likeness (QED) is 0.660. The summed E-state index contributed by atoms with van der Waals surface area (Å²) in [6.45, 7) is 0.923. The van der Waals surface area contributed by atoms with Gasteiger partial charge in [0.05, 0.1) is 20.3 Å². The van der Waals surface area contributed by atoms with E-state index in [9.17, 15) is 8.42 Å². The molecule has 0 bridgehead atoms. The van der Waals surface area contributed by atoms with Gasteiger partial charge in [0.25, 0.3) is 0 Å². The van der Waals surface area contributed by atoms with Crippen molar-refractivity contribution in [1.82, 2.24) is 13.9 Å². The number of ether oxygens (including phenoxy) is 2. The van der Waals surface area contributed by atoms with Crippen LogP contribution in [0.25, 0.3) is 0 Å². The van der Waals surface area contributed by atoms with E-state index >= 15 is 0 Å². The molecule has 146 valence electrons. The second-order valence-electron chi connectivity index (χ2n) is 6.44. The van der Waals surface area contributed by atoms with Crippen LogP contribution in [0.5, 0.6) is 11.5 Å². The van der Waals surface area contributed by atoms with Gasteiger partial charge in [-0.15, -0.1) is 0 Å². The van der Waals surface area contributed by atoms with Crippen LogP contribution in [0.2, 0.25) is 0 Å². The van der Waals surface area contributed by atoms with Gasteiger partial charge in [-0.1, -0.05) is 0 Å². The smallest absolute Gasteiger partial charge is 0.247 e. The van der Waals surface area contributed by atoms with Crippen molar-refractivity contribution in [3.63, 3.8) is 0 Å². The van der Waals surface area contributed by atoms with Gasteiger partial charge < -0.3 is 14.0 Å². The largest absolute Gasteiger partial charge is 0.497 e. The first-order chi connectivity index (χ1) is 13.6. The Morgan fingerprint density at radius 1 is 1.04 bits per heavy atom. The topological polar surface area (TPSA) is 73.7 Å².